The number of nitrogens with zero attached hydrogens (tertiary/aromatic N) is 4. The molecule has 150 valence electrons. The van der Waals surface area contributed by atoms with Gasteiger partial charge in [0, 0.05) is 32.7 Å². The molecular formula is C21H29N5O2. The van der Waals surface area contributed by atoms with E-state index in [1.807, 2.05) is 43.3 Å². The average molecular weight is 383 g/mol. The number of ether oxygens (including phenoxy) is 1. The number of nitrogens with one attached hydrogen (secondary N) is 1. The van der Waals surface area contributed by atoms with Gasteiger partial charge in [-0.15, -0.1) is 0 Å². The van der Waals surface area contributed by atoms with Crippen LogP contribution in [0.25, 0.3) is 0 Å². The fourth-order valence-electron chi connectivity index (χ4n) is 3.02. The quantitative estimate of drug-likeness (QED) is 0.875. The number of carbonyl (C=O) groups is 1. The van der Waals surface area contributed by atoms with Crippen LogP contribution < -0.4 is 15.1 Å². The minimum absolute atomic E-state index is 0.0518. The number of hydrogen-bond donors (Lipinski definition) is 1. The van der Waals surface area contributed by atoms with Crippen LogP contribution in [0.4, 0.5) is 17.5 Å². The van der Waals surface area contributed by atoms with Crippen molar-refractivity contribution in [2.24, 2.45) is 0 Å². The molecule has 1 saturated heterocycles. The smallest absolute Gasteiger partial charge is 0.255 e. The summed E-state index contributed by atoms with van der Waals surface area (Å²) in [6.07, 6.45) is 1.68. The predicted molar refractivity (Wildman–Crippen MR) is 112 cm³/mol. The lowest BCUT2D eigenvalue weighted by Gasteiger charge is -2.28. The monoisotopic (exact) mass is 383 g/mol. The largest absolute Gasteiger partial charge is 0.378 e. The first-order valence-electron chi connectivity index (χ1n) is 9.54. The minimum Gasteiger partial charge on any atom is -0.378 e. The van der Waals surface area contributed by atoms with Crippen LogP contribution in [0.3, 0.4) is 0 Å². The van der Waals surface area contributed by atoms with Gasteiger partial charge in [-0.05, 0) is 23.1 Å². The van der Waals surface area contributed by atoms with E-state index in [1.54, 1.807) is 6.20 Å². The van der Waals surface area contributed by atoms with Crippen molar-refractivity contribution in [3.05, 3.63) is 41.6 Å². The molecule has 0 unspecified atom stereocenters. The molecule has 0 spiro atoms. The van der Waals surface area contributed by atoms with Crippen LogP contribution in [0.2, 0.25) is 0 Å². The molecule has 0 aliphatic carbocycles. The molecule has 1 aliphatic rings. The Labute approximate surface area is 166 Å². The van der Waals surface area contributed by atoms with Crippen molar-refractivity contribution in [1.82, 2.24) is 9.97 Å². The lowest BCUT2D eigenvalue weighted by Crippen LogP contribution is -2.37. The molecule has 0 saturated carbocycles. The Morgan fingerprint density at radius 3 is 2.36 bits per heavy atom. The minimum atomic E-state index is -0.175. The van der Waals surface area contributed by atoms with E-state index in [0.717, 1.165) is 13.1 Å². The molecule has 7 nitrogen and oxygen atoms in total. The zero-order valence-electron chi connectivity index (χ0n) is 17.3. The first kappa shape index (κ1) is 20.1. The van der Waals surface area contributed by atoms with E-state index in [4.69, 9.17) is 4.74 Å². The van der Waals surface area contributed by atoms with Gasteiger partial charge in [-0.2, -0.15) is 4.98 Å². The third-order valence-corrected chi connectivity index (χ3v) is 4.73. The zero-order valence-corrected chi connectivity index (χ0v) is 17.3. The Morgan fingerprint density at radius 1 is 1.14 bits per heavy atom. The van der Waals surface area contributed by atoms with Crippen molar-refractivity contribution in [1.29, 1.82) is 0 Å². The number of carbonyl (C=O) groups excluding carboxylic acids is 1. The van der Waals surface area contributed by atoms with E-state index in [1.165, 1.54) is 5.56 Å². The van der Waals surface area contributed by atoms with Gasteiger partial charge in [-0.1, -0.05) is 32.9 Å². The fourth-order valence-corrected chi connectivity index (χ4v) is 3.02. The summed E-state index contributed by atoms with van der Waals surface area (Å²) < 4.78 is 5.39. The Bertz CT molecular complexity index is 822. The SMILES string of the molecule is CN(C)c1nc(N2CCOCC2)ncc1NC(=O)c1ccc(C(C)(C)C)cc1. The van der Waals surface area contributed by atoms with Crippen LogP contribution in [-0.2, 0) is 10.2 Å². The number of hydrogen-bond acceptors (Lipinski definition) is 6. The molecule has 28 heavy (non-hydrogen) atoms. The van der Waals surface area contributed by atoms with E-state index < -0.39 is 0 Å². The first-order chi connectivity index (χ1) is 13.3. The number of amides is 1. The second kappa shape index (κ2) is 8.14. The lowest BCUT2D eigenvalue weighted by atomic mass is 9.87. The first-order valence-corrected chi connectivity index (χ1v) is 9.54. The van der Waals surface area contributed by atoms with Crippen LogP contribution >= 0.6 is 0 Å². The van der Waals surface area contributed by atoms with Gasteiger partial charge in [0.1, 0.15) is 5.69 Å². The summed E-state index contributed by atoms with van der Waals surface area (Å²) in [6, 6.07) is 7.71. The molecule has 7 heteroatoms. The van der Waals surface area contributed by atoms with Gasteiger partial charge in [0.25, 0.3) is 5.91 Å². The van der Waals surface area contributed by atoms with E-state index in [2.05, 4.69) is 41.0 Å². The molecule has 1 amide bonds. The summed E-state index contributed by atoms with van der Waals surface area (Å²) >= 11 is 0. The highest BCUT2D eigenvalue weighted by Gasteiger charge is 2.19. The van der Waals surface area contributed by atoms with Crippen molar-refractivity contribution in [2.45, 2.75) is 26.2 Å². The maximum atomic E-state index is 12.7. The Hall–Kier alpha value is -2.67. The molecule has 1 aromatic heterocycles. The molecule has 1 N–H and O–H groups in total. The van der Waals surface area contributed by atoms with Crippen molar-refractivity contribution in [3.8, 4) is 0 Å². The third kappa shape index (κ3) is 4.59. The number of benzene rings is 1. The molecular weight excluding hydrogens is 354 g/mol. The zero-order chi connectivity index (χ0) is 20.3. The van der Waals surface area contributed by atoms with E-state index >= 15 is 0 Å². The Balaban J connectivity index is 1.79. The average Bonchev–Trinajstić information content (AvgIpc) is 2.68. The maximum Gasteiger partial charge on any atom is 0.255 e. The predicted octanol–water partition coefficient (Wildman–Crippen LogP) is 2.93. The van der Waals surface area contributed by atoms with Gasteiger partial charge in [0.2, 0.25) is 5.95 Å². The molecule has 1 fully saturated rings. The number of aromatic nitrogens is 2. The summed E-state index contributed by atoms with van der Waals surface area (Å²) in [4.78, 5) is 25.8. The van der Waals surface area contributed by atoms with Gasteiger partial charge in [0.05, 0.1) is 19.4 Å². The second-order valence-corrected chi connectivity index (χ2v) is 8.18. The van der Waals surface area contributed by atoms with Crippen LogP contribution in [0.15, 0.2) is 30.5 Å². The molecule has 2 heterocycles. The van der Waals surface area contributed by atoms with Gasteiger partial charge in [-0.3, -0.25) is 4.79 Å². The fraction of sp³-hybridized carbons (Fsp3) is 0.476. The van der Waals surface area contributed by atoms with Gasteiger partial charge < -0.3 is 19.9 Å². The molecule has 0 bridgehead atoms. The lowest BCUT2D eigenvalue weighted by molar-refractivity contribution is 0.102. The van der Waals surface area contributed by atoms with Gasteiger partial charge in [0.15, 0.2) is 5.82 Å². The van der Waals surface area contributed by atoms with Crippen molar-refractivity contribution >= 4 is 23.4 Å². The van der Waals surface area contributed by atoms with Crippen LogP contribution in [-0.4, -0.2) is 56.3 Å². The van der Waals surface area contributed by atoms with E-state index in [-0.39, 0.29) is 11.3 Å². The number of morpholine rings is 1. The highest BCUT2D eigenvalue weighted by atomic mass is 16.5. The highest BCUT2D eigenvalue weighted by Crippen LogP contribution is 2.26. The molecule has 0 atom stereocenters. The second-order valence-electron chi connectivity index (χ2n) is 8.18. The van der Waals surface area contributed by atoms with E-state index in [0.29, 0.717) is 36.2 Å². The van der Waals surface area contributed by atoms with Gasteiger partial charge >= 0.3 is 0 Å². The molecule has 1 aliphatic heterocycles. The van der Waals surface area contributed by atoms with Gasteiger partial charge in [-0.25, -0.2) is 4.98 Å². The van der Waals surface area contributed by atoms with Crippen LogP contribution in [0, 0.1) is 0 Å². The molecule has 3 rings (SSSR count). The molecule has 0 radical (unpaired) electrons. The highest BCUT2D eigenvalue weighted by molar-refractivity contribution is 6.05. The van der Waals surface area contributed by atoms with E-state index in [9.17, 15) is 4.79 Å². The summed E-state index contributed by atoms with van der Waals surface area (Å²) in [5, 5.41) is 2.95. The normalized spacial score (nSPS) is 14.7. The van der Waals surface area contributed by atoms with Crippen molar-refractivity contribution in [3.63, 3.8) is 0 Å². The van der Waals surface area contributed by atoms with Crippen LogP contribution in [0.5, 0.6) is 0 Å². The van der Waals surface area contributed by atoms with Crippen molar-refractivity contribution < 1.29 is 9.53 Å². The standard InChI is InChI=1S/C21H29N5O2/c1-21(2,3)16-8-6-15(7-9-16)19(27)23-17-14-22-20(24-18(17)25(4)5)26-10-12-28-13-11-26/h6-9,14H,10-13H2,1-5H3,(H,23,27). The summed E-state index contributed by atoms with van der Waals surface area (Å²) in [5.41, 5.74) is 2.44. The van der Waals surface area contributed by atoms with Crippen LogP contribution in [0.1, 0.15) is 36.7 Å². The Kier molecular flexibility index (Phi) is 5.84. The summed E-state index contributed by atoms with van der Waals surface area (Å²) in [5.74, 6) is 1.15. The molecule has 1 aromatic carbocycles. The number of rotatable bonds is 4. The van der Waals surface area contributed by atoms with Crippen molar-refractivity contribution in [2.75, 3.05) is 55.5 Å². The Morgan fingerprint density at radius 2 is 1.79 bits per heavy atom. The summed E-state index contributed by atoms with van der Waals surface area (Å²) in [6.45, 7) is 9.32. The third-order valence-electron chi connectivity index (χ3n) is 4.73. The molecule has 2 aromatic rings. The summed E-state index contributed by atoms with van der Waals surface area (Å²) in [7, 11) is 3.80. The topological polar surface area (TPSA) is 70.6 Å². The maximum absolute atomic E-state index is 12.7. The number of anilines is 3.